The van der Waals surface area contributed by atoms with Crippen molar-refractivity contribution in [2.45, 2.75) is 32.1 Å². The van der Waals surface area contributed by atoms with Crippen molar-refractivity contribution in [2.75, 3.05) is 13.1 Å². The number of aromatic nitrogens is 1. The molecule has 0 atom stereocenters. The SMILES string of the molecule is O=C(CCc1ccccc1)N1CCC(Cc2nc3ccc(B(O)O)cc3o2)CC1. The lowest BCUT2D eigenvalue weighted by Crippen LogP contribution is -2.39. The molecular formula is C22H25BN2O4. The Labute approximate surface area is 170 Å². The Kier molecular flexibility index (Phi) is 5.97. The van der Waals surface area contributed by atoms with E-state index in [1.807, 2.05) is 23.1 Å². The molecule has 1 aromatic heterocycles. The monoisotopic (exact) mass is 392 g/mol. The number of benzene rings is 2. The summed E-state index contributed by atoms with van der Waals surface area (Å²) in [7, 11) is -1.52. The molecule has 0 unspecified atom stereocenters. The Morgan fingerprint density at radius 1 is 1.14 bits per heavy atom. The van der Waals surface area contributed by atoms with Crippen LogP contribution in [-0.2, 0) is 17.6 Å². The Balaban J connectivity index is 1.28. The third kappa shape index (κ3) is 4.86. The molecule has 1 amide bonds. The maximum absolute atomic E-state index is 12.5. The first-order chi connectivity index (χ1) is 14.1. The van der Waals surface area contributed by atoms with Gasteiger partial charge in [0.2, 0.25) is 5.91 Å². The molecule has 0 aliphatic carbocycles. The summed E-state index contributed by atoms with van der Waals surface area (Å²) in [5.74, 6) is 1.33. The highest BCUT2D eigenvalue weighted by Crippen LogP contribution is 2.24. The normalized spacial score (nSPS) is 15.0. The second kappa shape index (κ2) is 8.80. The van der Waals surface area contributed by atoms with Crippen LogP contribution in [0.4, 0.5) is 0 Å². The number of likely N-dealkylation sites (tertiary alicyclic amines) is 1. The number of amides is 1. The van der Waals surface area contributed by atoms with Gasteiger partial charge in [-0.25, -0.2) is 4.98 Å². The molecule has 29 heavy (non-hydrogen) atoms. The summed E-state index contributed by atoms with van der Waals surface area (Å²) < 4.78 is 5.81. The quantitative estimate of drug-likeness (QED) is 0.626. The lowest BCUT2D eigenvalue weighted by molar-refractivity contribution is -0.132. The molecule has 6 nitrogen and oxygen atoms in total. The zero-order chi connectivity index (χ0) is 20.2. The van der Waals surface area contributed by atoms with Crippen LogP contribution >= 0.6 is 0 Å². The first-order valence-corrected chi connectivity index (χ1v) is 10.2. The van der Waals surface area contributed by atoms with Crippen LogP contribution in [0.1, 0.15) is 30.7 Å². The van der Waals surface area contributed by atoms with Crippen LogP contribution in [0.5, 0.6) is 0 Å². The van der Waals surface area contributed by atoms with Gasteiger partial charge in [0.25, 0.3) is 0 Å². The van der Waals surface area contributed by atoms with E-state index in [1.165, 1.54) is 5.56 Å². The van der Waals surface area contributed by atoms with E-state index < -0.39 is 7.12 Å². The van der Waals surface area contributed by atoms with Crippen LogP contribution in [0, 0.1) is 5.92 Å². The first-order valence-electron chi connectivity index (χ1n) is 10.2. The van der Waals surface area contributed by atoms with Crippen LogP contribution in [0.15, 0.2) is 52.9 Å². The lowest BCUT2D eigenvalue weighted by Gasteiger charge is -2.31. The van der Waals surface area contributed by atoms with E-state index in [1.54, 1.807) is 18.2 Å². The van der Waals surface area contributed by atoms with Crippen molar-refractivity contribution in [3.63, 3.8) is 0 Å². The summed E-state index contributed by atoms with van der Waals surface area (Å²) in [6, 6.07) is 15.1. The molecule has 4 rings (SSSR count). The van der Waals surface area contributed by atoms with Gasteiger partial charge in [-0.05, 0) is 48.3 Å². The number of carbonyl (C=O) groups excluding carboxylic acids is 1. The molecule has 1 aliphatic rings. The van der Waals surface area contributed by atoms with Gasteiger partial charge in [-0.3, -0.25) is 4.79 Å². The lowest BCUT2D eigenvalue weighted by atomic mass is 9.80. The van der Waals surface area contributed by atoms with Gasteiger partial charge in [0.15, 0.2) is 11.5 Å². The van der Waals surface area contributed by atoms with Crippen molar-refractivity contribution in [1.29, 1.82) is 0 Å². The number of carbonyl (C=O) groups is 1. The predicted octanol–water partition coefficient (Wildman–Crippen LogP) is 1.92. The van der Waals surface area contributed by atoms with Crippen molar-refractivity contribution in [3.05, 3.63) is 60.0 Å². The molecule has 1 saturated heterocycles. The smallest absolute Gasteiger partial charge is 0.441 e. The number of fused-ring (bicyclic) bond motifs is 1. The third-order valence-electron chi connectivity index (χ3n) is 5.66. The molecular weight excluding hydrogens is 367 g/mol. The number of oxazole rings is 1. The molecule has 1 fully saturated rings. The standard InChI is InChI=1S/C22H25BN2O4/c26-22(9-6-16-4-2-1-3-5-16)25-12-10-17(11-13-25)14-21-24-19-8-7-18(23(27)28)15-20(19)29-21/h1-5,7-8,15,17,27-28H,6,9-14H2. The average molecular weight is 392 g/mol. The van der Waals surface area contributed by atoms with Gasteiger partial charge in [-0.15, -0.1) is 0 Å². The van der Waals surface area contributed by atoms with E-state index in [2.05, 4.69) is 17.1 Å². The molecule has 2 N–H and O–H groups in total. The first kappa shape index (κ1) is 19.7. The highest BCUT2D eigenvalue weighted by atomic mass is 16.4. The Morgan fingerprint density at radius 2 is 1.90 bits per heavy atom. The van der Waals surface area contributed by atoms with Crippen molar-refractivity contribution in [3.8, 4) is 0 Å². The Bertz CT molecular complexity index is 965. The molecule has 0 radical (unpaired) electrons. The van der Waals surface area contributed by atoms with Gasteiger partial charge in [0.05, 0.1) is 0 Å². The van der Waals surface area contributed by atoms with E-state index in [-0.39, 0.29) is 5.91 Å². The fourth-order valence-corrected chi connectivity index (χ4v) is 3.92. The number of nitrogens with zero attached hydrogens (tertiary/aromatic N) is 2. The minimum atomic E-state index is -1.52. The fourth-order valence-electron chi connectivity index (χ4n) is 3.92. The molecule has 0 bridgehead atoms. The molecule has 0 spiro atoms. The predicted molar refractivity (Wildman–Crippen MR) is 112 cm³/mol. The van der Waals surface area contributed by atoms with Crippen molar-refractivity contribution in [1.82, 2.24) is 9.88 Å². The molecule has 2 aromatic carbocycles. The van der Waals surface area contributed by atoms with E-state index in [0.29, 0.717) is 29.3 Å². The molecule has 0 saturated carbocycles. The zero-order valence-electron chi connectivity index (χ0n) is 16.3. The van der Waals surface area contributed by atoms with Gasteiger partial charge in [-0.1, -0.05) is 36.4 Å². The minimum Gasteiger partial charge on any atom is -0.441 e. The number of rotatable bonds is 6. The summed E-state index contributed by atoms with van der Waals surface area (Å²) in [6.45, 7) is 1.55. The topological polar surface area (TPSA) is 86.8 Å². The summed E-state index contributed by atoms with van der Waals surface area (Å²) in [5.41, 5.74) is 2.88. The van der Waals surface area contributed by atoms with Crippen LogP contribution in [0.25, 0.3) is 11.1 Å². The van der Waals surface area contributed by atoms with Gasteiger partial charge in [0.1, 0.15) is 5.52 Å². The maximum Gasteiger partial charge on any atom is 0.488 e. The van der Waals surface area contributed by atoms with E-state index in [9.17, 15) is 14.8 Å². The minimum absolute atomic E-state index is 0.226. The van der Waals surface area contributed by atoms with E-state index in [4.69, 9.17) is 4.42 Å². The van der Waals surface area contributed by atoms with Crippen molar-refractivity contribution >= 4 is 29.6 Å². The largest absolute Gasteiger partial charge is 0.488 e. The van der Waals surface area contributed by atoms with Crippen LogP contribution in [-0.4, -0.2) is 46.0 Å². The van der Waals surface area contributed by atoms with Gasteiger partial charge < -0.3 is 19.4 Å². The van der Waals surface area contributed by atoms with Gasteiger partial charge in [-0.2, -0.15) is 0 Å². The molecule has 150 valence electrons. The fraction of sp³-hybridized carbons (Fsp3) is 0.364. The number of hydrogen-bond acceptors (Lipinski definition) is 5. The number of hydrogen-bond donors (Lipinski definition) is 2. The van der Waals surface area contributed by atoms with Crippen LogP contribution < -0.4 is 5.46 Å². The molecule has 3 aromatic rings. The zero-order valence-corrected chi connectivity index (χ0v) is 16.3. The average Bonchev–Trinajstić information content (AvgIpc) is 3.14. The second-order valence-corrected chi connectivity index (χ2v) is 7.72. The highest BCUT2D eigenvalue weighted by molar-refractivity contribution is 6.58. The van der Waals surface area contributed by atoms with Gasteiger partial charge >= 0.3 is 7.12 Å². The van der Waals surface area contributed by atoms with E-state index >= 15 is 0 Å². The van der Waals surface area contributed by atoms with Crippen molar-refractivity contribution < 1.29 is 19.3 Å². The summed E-state index contributed by atoms with van der Waals surface area (Å²) in [5, 5.41) is 18.6. The van der Waals surface area contributed by atoms with Gasteiger partial charge in [0, 0.05) is 25.9 Å². The van der Waals surface area contributed by atoms with E-state index in [0.717, 1.165) is 44.3 Å². The molecule has 1 aliphatic heterocycles. The number of aryl methyl sites for hydroxylation is 1. The summed E-state index contributed by atoms with van der Waals surface area (Å²) in [6.07, 6.45) is 3.95. The number of piperidine rings is 1. The third-order valence-corrected chi connectivity index (χ3v) is 5.66. The Hall–Kier alpha value is -2.64. The summed E-state index contributed by atoms with van der Waals surface area (Å²) in [4.78, 5) is 19.0. The Morgan fingerprint density at radius 3 is 2.62 bits per heavy atom. The summed E-state index contributed by atoms with van der Waals surface area (Å²) >= 11 is 0. The van der Waals surface area contributed by atoms with Crippen LogP contribution in [0.2, 0.25) is 0 Å². The molecule has 2 heterocycles. The van der Waals surface area contributed by atoms with Crippen LogP contribution in [0.3, 0.4) is 0 Å². The second-order valence-electron chi connectivity index (χ2n) is 7.72. The van der Waals surface area contributed by atoms with Crippen molar-refractivity contribution in [2.24, 2.45) is 5.92 Å². The highest BCUT2D eigenvalue weighted by Gasteiger charge is 2.24. The molecule has 7 heteroatoms. The maximum atomic E-state index is 12.5.